The second-order valence-corrected chi connectivity index (χ2v) is 4.45. The molecule has 1 fully saturated rings. The van der Waals surface area contributed by atoms with Crippen LogP contribution in [0.2, 0.25) is 0 Å². The van der Waals surface area contributed by atoms with E-state index in [0.717, 1.165) is 18.4 Å². The van der Waals surface area contributed by atoms with Gasteiger partial charge in [-0.15, -0.1) is 5.10 Å². The quantitative estimate of drug-likeness (QED) is 0.812. The summed E-state index contributed by atoms with van der Waals surface area (Å²) in [5, 5.41) is 7.97. The fourth-order valence-corrected chi connectivity index (χ4v) is 1.89. The Hall–Kier alpha value is -1.42. The lowest BCUT2D eigenvalue weighted by molar-refractivity contribution is 0.594. The summed E-state index contributed by atoms with van der Waals surface area (Å²) in [5.41, 5.74) is 8.43. The molecule has 1 aliphatic rings. The van der Waals surface area contributed by atoms with Crippen LogP contribution in [0.1, 0.15) is 25.0 Å². The van der Waals surface area contributed by atoms with Crippen molar-refractivity contribution < 1.29 is 0 Å². The highest BCUT2D eigenvalue weighted by Gasteiger charge is 2.37. The lowest BCUT2D eigenvalue weighted by Crippen LogP contribution is -2.22. The number of aromatic nitrogens is 3. The predicted molar refractivity (Wildman–Crippen MR) is 57.5 cm³/mol. The summed E-state index contributed by atoms with van der Waals surface area (Å²) in [4.78, 5) is 0. The molecule has 2 N–H and O–H groups in total. The van der Waals surface area contributed by atoms with Crippen LogP contribution in [0.5, 0.6) is 0 Å². The standard InChI is InChI=1S/C11H14N4/c12-11(6-7-11)5-4-9-2-1-3-10-8-13-14-15(9)10/h1-3,8H,4-7,12H2. The van der Waals surface area contributed by atoms with Gasteiger partial charge >= 0.3 is 0 Å². The fraction of sp³-hybridized carbons (Fsp3) is 0.455. The molecule has 0 unspecified atom stereocenters. The summed E-state index contributed by atoms with van der Waals surface area (Å²) in [6.07, 6.45) is 6.14. The Morgan fingerprint density at radius 3 is 3.07 bits per heavy atom. The fourth-order valence-electron chi connectivity index (χ4n) is 1.89. The van der Waals surface area contributed by atoms with Gasteiger partial charge in [-0.2, -0.15) is 0 Å². The SMILES string of the molecule is NC1(CCc2cccc3cnnn23)CC1. The third kappa shape index (κ3) is 1.61. The minimum absolute atomic E-state index is 0.114. The molecule has 1 aliphatic carbocycles. The van der Waals surface area contributed by atoms with Crippen molar-refractivity contribution in [1.82, 2.24) is 14.8 Å². The summed E-state index contributed by atoms with van der Waals surface area (Å²) < 4.78 is 1.89. The molecule has 2 aromatic heterocycles. The molecule has 0 aliphatic heterocycles. The number of hydrogen-bond acceptors (Lipinski definition) is 3. The van der Waals surface area contributed by atoms with E-state index in [1.807, 2.05) is 16.6 Å². The molecule has 0 bridgehead atoms. The summed E-state index contributed by atoms with van der Waals surface area (Å²) >= 11 is 0. The lowest BCUT2D eigenvalue weighted by Gasteiger charge is -2.08. The van der Waals surface area contributed by atoms with E-state index in [-0.39, 0.29) is 5.54 Å². The number of fused-ring (bicyclic) bond motifs is 1. The highest BCUT2D eigenvalue weighted by molar-refractivity contribution is 5.44. The van der Waals surface area contributed by atoms with E-state index in [1.54, 1.807) is 6.20 Å². The molecule has 2 heterocycles. The maximum Gasteiger partial charge on any atom is 0.0868 e. The molecule has 1 saturated carbocycles. The van der Waals surface area contributed by atoms with Gasteiger partial charge in [-0.1, -0.05) is 11.3 Å². The average molecular weight is 202 g/mol. The zero-order valence-electron chi connectivity index (χ0n) is 8.56. The number of hydrogen-bond donors (Lipinski definition) is 1. The lowest BCUT2D eigenvalue weighted by atomic mass is 10.1. The molecule has 4 nitrogen and oxygen atoms in total. The van der Waals surface area contributed by atoms with Crippen LogP contribution in [0.15, 0.2) is 24.4 Å². The molecular formula is C11H14N4. The van der Waals surface area contributed by atoms with Crippen molar-refractivity contribution in [3.8, 4) is 0 Å². The minimum atomic E-state index is 0.114. The van der Waals surface area contributed by atoms with Gasteiger partial charge in [0.2, 0.25) is 0 Å². The molecule has 2 aromatic rings. The molecule has 0 atom stereocenters. The summed E-state index contributed by atoms with van der Waals surface area (Å²) in [7, 11) is 0. The first kappa shape index (κ1) is 8.85. The topological polar surface area (TPSA) is 56.2 Å². The number of nitrogens with zero attached hydrogens (tertiary/aromatic N) is 3. The largest absolute Gasteiger partial charge is 0.325 e. The monoisotopic (exact) mass is 202 g/mol. The normalized spacial score (nSPS) is 18.2. The first-order valence-electron chi connectivity index (χ1n) is 5.34. The van der Waals surface area contributed by atoms with Gasteiger partial charge in [-0.3, -0.25) is 0 Å². The second kappa shape index (κ2) is 3.03. The van der Waals surface area contributed by atoms with Gasteiger partial charge < -0.3 is 5.73 Å². The van der Waals surface area contributed by atoms with Crippen LogP contribution in [0, 0.1) is 0 Å². The number of nitrogens with two attached hydrogens (primary N) is 1. The summed E-state index contributed by atoms with van der Waals surface area (Å²) in [5.74, 6) is 0. The van der Waals surface area contributed by atoms with E-state index in [2.05, 4.69) is 16.4 Å². The molecule has 4 heteroatoms. The van der Waals surface area contributed by atoms with Crippen molar-refractivity contribution in [2.75, 3.05) is 0 Å². The van der Waals surface area contributed by atoms with Crippen molar-refractivity contribution >= 4 is 5.52 Å². The first-order chi connectivity index (χ1) is 7.27. The van der Waals surface area contributed by atoms with Crippen molar-refractivity contribution in [2.45, 2.75) is 31.2 Å². The Balaban J connectivity index is 1.86. The maximum atomic E-state index is 6.07. The Labute approximate surface area is 88.1 Å². The number of rotatable bonds is 3. The third-order valence-corrected chi connectivity index (χ3v) is 3.17. The van der Waals surface area contributed by atoms with Gasteiger partial charge in [0, 0.05) is 11.2 Å². The van der Waals surface area contributed by atoms with E-state index in [4.69, 9.17) is 5.73 Å². The summed E-state index contributed by atoms with van der Waals surface area (Å²) in [6, 6.07) is 6.15. The molecule has 0 saturated heterocycles. The van der Waals surface area contributed by atoms with Crippen molar-refractivity contribution in [3.63, 3.8) is 0 Å². The number of pyridine rings is 1. The second-order valence-electron chi connectivity index (χ2n) is 4.45. The van der Waals surface area contributed by atoms with E-state index in [9.17, 15) is 0 Å². The van der Waals surface area contributed by atoms with Crippen LogP contribution in [0.4, 0.5) is 0 Å². The van der Waals surface area contributed by atoms with Gasteiger partial charge in [0.05, 0.1) is 11.7 Å². The first-order valence-corrected chi connectivity index (χ1v) is 5.34. The van der Waals surface area contributed by atoms with Crippen molar-refractivity contribution in [3.05, 3.63) is 30.1 Å². The molecule has 3 rings (SSSR count). The zero-order chi connectivity index (χ0) is 10.3. The molecule has 0 radical (unpaired) electrons. The van der Waals surface area contributed by atoms with Gasteiger partial charge in [-0.05, 0) is 37.8 Å². The highest BCUT2D eigenvalue weighted by Crippen LogP contribution is 2.36. The number of aryl methyl sites for hydroxylation is 1. The molecule has 78 valence electrons. The Bertz CT molecular complexity index is 484. The van der Waals surface area contributed by atoms with Crippen molar-refractivity contribution in [2.24, 2.45) is 5.73 Å². The van der Waals surface area contributed by atoms with E-state index >= 15 is 0 Å². The van der Waals surface area contributed by atoms with Gasteiger partial charge in [-0.25, -0.2) is 4.52 Å². The molecule has 0 amide bonds. The van der Waals surface area contributed by atoms with Crippen molar-refractivity contribution in [1.29, 1.82) is 0 Å². The molecule has 0 aromatic carbocycles. The van der Waals surface area contributed by atoms with Crippen LogP contribution < -0.4 is 5.73 Å². The Morgan fingerprint density at radius 1 is 1.40 bits per heavy atom. The maximum absolute atomic E-state index is 6.07. The smallest absolute Gasteiger partial charge is 0.0868 e. The van der Waals surface area contributed by atoms with Crippen LogP contribution in [-0.4, -0.2) is 20.4 Å². The van der Waals surface area contributed by atoms with Crippen LogP contribution in [-0.2, 0) is 6.42 Å². The Kier molecular flexibility index (Phi) is 1.79. The predicted octanol–water partition coefficient (Wildman–Crippen LogP) is 1.15. The van der Waals surface area contributed by atoms with Gasteiger partial charge in [0.15, 0.2) is 0 Å². The van der Waals surface area contributed by atoms with Crippen LogP contribution in [0.25, 0.3) is 5.52 Å². The van der Waals surface area contributed by atoms with E-state index < -0.39 is 0 Å². The van der Waals surface area contributed by atoms with Crippen LogP contribution >= 0.6 is 0 Å². The van der Waals surface area contributed by atoms with Gasteiger partial charge in [0.1, 0.15) is 0 Å². The third-order valence-electron chi connectivity index (χ3n) is 3.17. The summed E-state index contributed by atoms with van der Waals surface area (Å²) in [6.45, 7) is 0. The van der Waals surface area contributed by atoms with Crippen LogP contribution in [0.3, 0.4) is 0 Å². The molecule has 15 heavy (non-hydrogen) atoms. The zero-order valence-corrected chi connectivity index (χ0v) is 8.56. The Morgan fingerprint density at radius 2 is 2.27 bits per heavy atom. The molecule has 0 spiro atoms. The van der Waals surface area contributed by atoms with Gasteiger partial charge in [0.25, 0.3) is 0 Å². The highest BCUT2D eigenvalue weighted by atomic mass is 15.4. The minimum Gasteiger partial charge on any atom is -0.325 e. The average Bonchev–Trinajstić information content (AvgIpc) is 2.80. The van der Waals surface area contributed by atoms with E-state index in [0.29, 0.717) is 0 Å². The van der Waals surface area contributed by atoms with E-state index in [1.165, 1.54) is 18.5 Å². The molecular weight excluding hydrogens is 188 g/mol.